The van der Waals surface area contributed by atoms with Gasteiger partial charge >= 0.3 is 17.9 Å². The number of esters is 3. The van der Waals surface area contributed by atoms with E-state index in [1.165, 1.54) is 122 Å². The number of unbranched alkanes of at least 4 members (excludes halogenated alkanes) is 19. The lowest BCUT2D eigenvalue weighted by Crippen LogP contribution is -2.30. The van der Waals surface area contributed by atoms with Gasteiger partial charge in [-0.05, 0) is 51.4 Å². The van der Waals surface area contributed by atoms with E-state index >= 15 is 0 Å². The molecule has 0 rings (SSSR count). The highest BCUT2D eigenvalue weighted by Gasteiger charge is 2.19. The van der Waals surface area contributed by atoms with Crippen molar-refractivity contribution in [3.63, 3.8) is 0 Å². The normalized spacial score (nSPS) is 12.3. The fourth-order valence-electron chi connectivity index (χ4n) is 5.55. The minimum Gasteiger partial charge on any atom is -0.462 e. The summed E-state index contributed by atoms with van der Waals surface area (Å²) in [6, 6.07) is 0. The molecule has 0 heterocycles. The van der Waals surface area contributed by atoms with Gasteiger partial charge in [0, 0.05) is 19.3 Å². The Balaban J connectivity index is 4.13. The van der Waals surface area contributed by atoms with Crippen LogP contribution >= 0.6 is 0 Å². The van der Waals surface area contributed by atoms with Crippen LogP contribution in [0, 0.1) is 0 Å². The van der Waals surface area contributed by atoms with E-state index in [1.54, 1.807) is 0 Å². The summed E-state index contributed by atoms with van der Waals surface area (Å²) in [5.74, 6) is -1.09. The van der Waals surface area contributed by atoms with Crippen LogP contribution in [0.3, 0.4) is 0 Å². The van der Waals surface area contributed by atoms with E-state index in [-0.39, 0.29) is 44.0 Å². The maximum absolute atomic E-state index is 12.5. The monoisotopic (exact) mass is 689 g/mol. The highest BCUT2D eigenvalue weighted by atomic mass is 16.6. The molecule has 6 heteroatoms. The van der Waals surface area contributed by atoms with E-state index < -0.39 is 6.10 Å². The van der Waals surface area contributed by atoms with Crippen LogP contribution in [0.25, 0.3) is 0 Å². The van der Waals surface area contributed by atoms with Crippen molar-refractivity contribution < 1.29 is 28.6 Å². The average Bonchev–Trinajstić information content (AvgIpc) is 3.09. The zero-order valence-electron chi connectivity index (χ0n) is 32.2. The third kappa shape index (κ3) is 36.7. The number of ether oxygens (including phenoxy) is 3. The summed E-state index contributed by atoms with van der Waals surface area (Å²) in [5.41, 5.74) is 0. The highest BCUT2D eigenvalue weighted by molar-refractivity contribution is 5.71. The van der Waals surface area contributed by atoms with Crippen LogP contribution in [0.4, 0.5) is 0 Å². The summed E-state index contributed by atoms with van der Waals surface area (Å²) in [6.07, 6.45) is 42.9. The first-order valence-corrected chi connectivity index (χ1v) is 20.5. The van der Waals surface area contributed by atoms with E-state index in [1.807, 2.05) is 19.1 Å². The Bertz CT molecular complexity index is 845. The Morgan fingerprint density at radius 1 is 0.408 bits per heavy atom. The molecule has 0 aliphatic heterocycles. The fraction of sp³-hybridized carbons (Fsp3) is 0.791. The molecule has 0 saturated carbocycles. The van der Waals surface area contributed by atoms with Gasteiger partial charge in [-0.1, -0.05) is 166 Å². The van der Waals surface area contributed by atoms with Crippen molar-refractivity contribution in [2.24, 2.45) is 0 Å². The molecule has 0 N–H and O–H groups in total. The van der Waals surface area contributed by atoms with Gasteiger partial charge in [0.05, 0.1) is 0 Å². The molecule has 0 aromatic rings. The first-order valence-electron chi connectivity index (χ1n) is 20.5. The molecule has 0 aromatic heterocycles. The van der Waals surface area contributed by atoms with Crippen molar-refractivity contribution in [1.82, 2.24) is 0 Å². The van der Waals surface area contributed by atoms with E-state index in [2.05, 4.69) is 38.2 Å². The largest absolute Gasteiger partial charge is 0.462 e. The van der Waals surface area contributed by atoms with Crippen LogP contribution in [0.15, 0.2) is 36.5 Å². The van der Waals surface area contributed by atoms with Gasteiger partial charge in [0.1, 0.15) is 13.2 Å². The second kappa shape index (κ2) is 38.4. The molecule has 0 fully saturated rings. The lowest BCUT2D eigenvalue weighted by atomic mass is 10.1. The summed E-state index contributed by atoms with van der Waals surface area (Å²) in [7, 11) is 0. The highest BCUT2D eigenvalue weighted by Crippen LogP contribution is 2.13. The number of hydrogen-bond donors (Lipinski definition) is 0. The minimum atomic E-state index is -0.806. The van der Waals surface area contributed by atoms with E-state index in [0.717, 1.165) is 19.3 Å². The van der Waals surface area contributed by atoms with E-state index in [0.29, 0.717) is 25.7 Å². The van der Waals surface area contributed by atoms with Crippen molar-refractivity contribution in [2.75, 3.05) is 13.2 Å². The zero-order valence-corrected chi connectivity index (χ0v) is 32.2. The topological polar surface area (TPSA) is 78.9 Å². The lowest BCUT2D eigenvalue weighted by Gasteiger charge is -2.18. The van der Waals surface area contributed by atoms with Crippen molar-refractivity contribution in [2.45, 2.75) is 207 Å². The molecular weight excluding hydrogens is 612 g/mol. The third-order valence-corrected chi connectivity index (χ3v) is 8.61. The molecule has 0 aliphatic rings. The molecule has 1 unspecified atom stereocenters. The molecular formula is C43H76O6. The Morgan fingerprint density at radius 2 is 0.776 bits per heavy atom. The van der Waals surface area contributed by atoms with Gasteiger partial charge in [0.25, 0.3) is 0 Å². The molecule has 0 radical (unpaired) electrons. The first-order chi connectivity index (χ1) is 24.0. The van der Waals surface area contributed by atoms with Crippen LogP contribution in [0.2, 0.25) is 0 Å². The zero-order chi connectivity index (χ0) is 35.9. The summed E-state index contributed by atoms with van der Waals surface area (Å²) in [6.45, 7) is 6.18. The molecule has 0 saturated heterocycles. The maximum Gasteiger partial charge on any atom is 0.306 e. The van der Waals surface area contributed by atoms with Gasteiger partial charge in [0.2, 0.25) is 0 Å². The minimum absolute atomic E-state index is 0.113. The molecule has 0 spiro atoms. The van der Waals surface area contributed by atoms with Crippen molar-refractivity contribution in [3.05, 3.63) is 36.5 Å². The fourth-order valence-corrected chi connectivity index (χ4v) is 5.55. The lowest BCUT2D eigenvalue weighted by molar-refractivity contribution is -0.166. The van der Waals surface area contributed by atoms with Crippen molar-refractivity contribution in [1.29, 1.82) is 0 Å². The number of rotatable bonds is 36. The van der Waals surface area contributed by atoms with Crippen LogP contribution in [0.1, 0.15) is 201 Å². The Labute approximate surface area is 302 Å². The molecule has 0 aliphatic carbocycles. The van der Waals surface area contributed by atoms with Gasteiger partial charge in [-0.15, -0.1) is 0 Å². The van der Waals surface area contributed by atoms with Gasteiger partial charge in [-0.25, -0.2) is 0 Å². The van der Waals surface area contributed by atoms with Gasteiger partial charge in [0.15, 0.2) is 6.10 Å². The Kier molecular flexibility index (Phi) is 36.6. The first kappa shape index (κ1) is 46.6. The molecule has 0 aromatic carbocycles. The second-order valence-corrected chi connectivity index (χ2v) is 13.5. The van der Waals surface area contributed by atoms with Crippen LogP contribution < -0.4 is 0 Å². The summed E-state index contributed by atoms with van der Waals surface area (Å²) in [5, 5.41) is 0. The number of carbonyl (C=O) groups excluding carboxylic acids is 3. The van der Waals surface area contributed by atoms with Crippen LogP contribution in [0.5, 0.6) is 0 Å². The van der Waals surface area contributed by atoms with Gasteiger partial charge < -0.3 is 14.2 Å². The van der Waals surface area contributed by atoms with Crippen molar-refractivity contribution >= 4 is 17.9 Å². The van der Waals surface area contributed by atoms with E-state index in [4.69, 9.17) is 14.2 Å². The molecule has 1 atom stereocenters. The second-order valence-electron chi connectivity index (χ2n) is 13.5. The third-order valence-electron chi connectivity index (χ3n) is 8.61. The summed E-state index contributed by atoms with van der Waals surface area (Å²) in [4.78, 5) is 36.7. The van der Waals surface area contributed by atoms with Crippen molar-refractivity contribution in [3.8, 4) is 0 Å². The maximum atomic E-state index is 12.5. The molecule has 49 heavy (non-hydrogen) atoms. The average molecular weight is 689 g/mol. The SMILES string of the molecule is CCCCCCCCCC/C=C\C/C=C\CCC(=O)OCC(COC(=O)CCC)OC(=O)CC/C=C\CCCCCCCCCCCCC. The van der Waals surface area contributed by atoms with Crippen LogP contribution in [-0.4, -0.2) is 37.2 Å². The molecule has 0 amide bonds. The Morgan fingerprint density at radius 3 is 1.24 bits per heavy atom. The molecule has 6 nitrogen and oxygen atoms in total. The number of allylic oxidation sites excluding steroid dienone is 6. The molecule has 284 valence electrons. The summed E-state index contributed by atoms with van der Waals surface area (Å²) < 4.78 is 16.2. The predicted octanol–water partition coefficient (Wildman–Crippen LogP) is 12.6. The predicted molar refractivity (Wildman–Crippen MR) is 206 cm³/mol. The number of hydrogen-bond acceptors (Lipinski definition) is 6. The van der Waals surface area contributed by atoms with Gasteiger partial charge in [-0.3, -0.25) is 14.4 Å². The Hall–Kier alpha value is -2.37. The molecule has 0 bridgehead atoms. The smallest absolute Gasteiger partial charge is 0.306 e. The quantitative estimate of drug-likeness (QED) is 0.0282. The standard InChI is InChI=1S/C43H76O6/c1-4-7-9-11-13-15-17-19-21-23-25-27-29-31-33-36-42(45)48-39-40(38-47-41(44)35-6-3)49-43(46)37-34-32-30-28-26-24-22-20-18-16-14-12-10-8-5-2/h23,25,29-32,40H,4-22,24,26-28,33-39H2,1-3H3/b25-23-,31-29-,32-30-. The van der Waals surface area contributed by atoms with Gasteiger partial charge in [-0.2, -0.15) is 0 Å². The number of carbonyl (C=O) groups is 3. The van der Waals surface area contributed by atoms with E-state index in [9.17, 15) is 14.4 Å². The summed E-state index contributed by atoms with van der Waals surface area (Å²) >= 11 is 0. The van der Waals surface area contributed by atoms with Crippen LogP contribution in [-0.2, 0) is 28.6 Å².